The molecule has 0 spiro atoms. The van der Waals surface area contributed by atoms with E-state index >= 15 is 0 Å². The number of halogens is 2. The van der Waals surface area contributed by atoms with Gasteiger partial charge in [-0.25, -0.2) is 9.37 Å². The van der Waals surface area contributed by atoms with Gasteiger partial charge >= 0.3 is 0 Å². The van der Waals surface area contributed by atoms with Gasteiger partial charge in [0.1, 0.15) is 11.6 Å². The number of hydrogen-bond acceptors (Lipinski definition) is 4. The van der Waals surface area contributed by atoms with E-state index < -0.39 is 11.7 Å². The minimum absolute atomic E-state index is 0.00112. The quantitative estimate of drug-likeness (QED) is 0.770. The molecule has 2 amide bonds. The zero-order valence-electron chi connectivity index (χ0n) is 17.9. The molecule has 1 aliphatic heterocycles. The van der Waals surface area contributed by atoms with Crippen LogP contribution in [-0.2, 0) is 17.9 Å². The molecule has 3 rings (SSSR count). The molecule has 164 valence electrons. The van der Waals surface area contributed by atoms with Gasteiger partial charge in [0.25, 0.3) is 5.91 Å². The largest absolute Gasteiger partial charge is 0.358 e. The molecule has 0 atom stereocenters. The number of amides is 2. The third-order valence-corrected chi connectivity index (χ3v) is 4.78. The van der Waals surface area contributed by atoms with Crippen molar-refractivity contribution in [3.8, 4) is 11.4 Å². The summed E-state index contributed by atoms with van der Waals surface area (Å²) < 4.78 is 15.5. The van der Waals surface area contributed by atoms with E-state index in [1.165, 1.54) is 25.6 Å². The lowest BCUT2D eigenvalue weighted by Crippen LogP contribution is -2.36. The number of nitrogens with one attached hydrogen (secondary N) is 2. The lowest BCUT2D eigenvalue weighted by atomic mass is 10.2. The van der Waals surface area contributed by atoms with E-state index in [0.29, 0.717) is 24.5 Å². The fourth-order valence-corrected chi connectivity index (χ4v) is 3.27. The molecule has 7 nitrogen and oxygen atoms in total. The van der Waals surface area contributed by atoms with Gasteiger partial charge in [0, 0.05) is 25.7 Å². The van der Waals surface area contributed by atoms with Crippen LogP contribution in [-0.4, -0.2) is 53.5 Å². The van der Waals surface area contributed by atoms with Crippen molar-refractivity contribution < 1.29 is 14.0 Å². The Kier molecular flexibility index (Phi) is 8.80. The first-order valence-electron chi connectivity index (χ1n) is 10.0. The molecule has 0 saturated heterocycles. The number of hydrogen-bond donors (Lipinski definition) is 2. The van der Waals surface area contributed by atoms with Gasteiger partial charge in [-0.1, -0.05) is 31.9 Å². The average Bonchev–Trinajstić information content (AvgIpc) is 2.95. The van der Waals surface area contributed by atoms with E-state index in [0.717, 1.165) is 18.7 Å². The molecule has 0 bridgehead atoms. The Morgan fingerprint density at radius 3 is 2.60 bits per heavy atom. The van der Waals surface area contributed by atoms with E-state index in [9.17, 15) is 14.0 Å². The standard InChI is InChI=1S/C18H21ClFN5O2.C3H8/c1-21-15(26)9-22-18(27)16-14-10-24(2)6-3-7-25(14)17(23-16)11-4-5-13(20)12(19)8-11;1-3-2/h4-5,8H,3,6-7,9-10H2,1-2H3,(H,21,26)(H,22,27);3H2,1-2H3. The fraction of sp³-hybridized carbons (Fsp3) is 0.476. The van der Waals surface area contributed by atoms with Crippen LogP contribution in [0.3, 0.4) is 0 Å². The van der Waals surface area contributed by atoms with Gasteiger partial charge in [0.15, 0.2) is 5.69 Å². The van der Waals surface area contributed by atoms with E-state index in [2.05, 4.69) is 34.4 Å². The van der Waals surface area contributed by atoms with Crippen molar-refractivity contribution >= 4 is 23.4 Å². The molecule has 2 heterocycles. The minimum Gasteiger partial charge on any atom is -0.358 e. The van der Waals surface area contributed by atoms with Crippen LogP contribution in [0.5, 0.6) is 0 Å². The summed E-state index contributed by atoms with van der Waals surface area (Å²) in [5, 5.41) is 5.05. The average molecular weight is 438 g/mol. The zero-order valence-corrected chi connectivity index (χ0v) is 18.6. The van der Waals surface area contributed by atoms with E-state index in [1.807, 2.05) is 11.6 Å². The molecule has 9 heteroatoms. The molecule has 1 aliphatic rings. The number of carbonyl (C=O) groups excluding carboxylic acids is 2. The Labute approximate surface area is 181 Å². The van der Waals surface area contributed by atoms with Crippen molar-refractivity contribution in [1.82, 2.24) is 25.1 Å². The normalized spacial score (nSPS) is 13.5. The summed E-state index contributed by atoms with van der Waals surface area (Å²) in [4.78, 5) is 30.7. The lowest BCUT2D eigenvalue weighted by Gasteiger charge is -2.13. The van der Waals surface area contributed by atoms with Crippen molar-refractivity contribution in [1.29, 1.82) is 0 Å². The second-order valence-corrected chi connectivity index (χ2v) is 7.57. The predicted octanol–water partition coefficient (Wildman–Crippen LogP) is 3.07. The first-order chi connectivity index (χ1) is 14.3. The summed E-state index contributed by atoms with van der Waals surface area (Å²) in [5.41, 5.74) is 1.67. The van der Waals surface area contributed by atoms with Crippen molar-refractivity contribution in [2.45, 2.75) is 39.8 Å². The second-order valence-electron chi connectivity index (χ2n) is 7.17. The van der Waals surface area contributed by atoms with Crippen LogP contribution >= 0.6 is 11.6 Å². The predicted molar refractivity (Wildman–Crippen MR) is 116 cm³/mol. The van der Waals surface area contributed by atoms with Gasteiger partial charge < -0.3 is 20.1 Å². The number of imidazole rings is 1. The molecule has 0 fully saturated rings. The van der Waals surface area contributed by atoms with Crippen LogP contribution in [0.1, 0.15) is 42.9 Å². The van der Waals surface area contributed by atoms with Gasteiger partial charge in [-0.2, -0.15) is 0 Å². The highest BCUT2D eigenvalue weighted by molar-refractivity contribution is 6.31. The van der Waals surface area contributed by atoms with E-state index in [1.54, 1.807) is 6.07 Å². The summed E-state index contributed by atoms with van der Waals surface area (Å²) in [6, 6.07) is 4.39. The molecule has 0 radical (unpaired) electrons. The summed E-state index contributed by atoms with van der Waals surface area (Å²) >= 11 is 5.93. The Morgan fingerprint density at radius 2 is 1.97 bits per heavy atom. The van der Waals surface area contributed by atoms with Crippen molar-refractivity contribution in [2.24, 2.45) is 0 Å². The molecule has 1 aromatic heterocycles. The van der Waals surface area contributed by atoms with E-state index in [-0.39, 0.29) is 23.2 Å². The maximum atomic E-state index is 13.5. The number of carbonyl (C=O) groups is 2. The van der Waals surface area contributed by atoms with Crippen LogP contribution in [0.2, 0.25) is 5.02 Å². The van der Waals surface area contributed by atoms with Crippen molar-refractivity contribution in [3.63, 3.8) is 0 Å². The molecular weight excluding hydrogens is 409 g/mol. The third-order valence-electron chi connectivity index (χ3n) is 4.49. The second kappa shape index (κ2) is 11.1. The Morgan fingerprint density at radius 1 is 1.27 bits per heavy atom. The molecule has 30 heavy (non-hydrogen) atoms. The molecule has 0 aliphatic carbocycles. The first-order valence-corrected chi connectivity index (χ1v) is 10.4. The molecule has 2 aromatic rings. The van der Waals surface area contributed by atoms with Crippen LogP contribution in [0.25, 0.3) is 11.4 Å². The topological polar surface area (TPSA) is 79.3 Å². The summed E-state index contributed by atoms with van der Waals surface area (Å²) in [6.07, 6.45) is 2.14. The minimum atomic E-state index is -0.508. The zero-order chi connectivity index (χ0) is 22.3. The number of nitrogens with zero attached hydrogens (tertiary/aromatic N) is 3. The van der Waals surface area contributed by atoms with Crippen LogP contribution in [0, 0.1) is 5.82 Å². The molecule has 0 saturated carbocycles. The Balaban J connectivity index is 0.00000101. The maximum absolute atomic E-state index is 13.5. The summed E-state index contributed by atoms with van der Waals surface area (Å²) in [7, 11) is 3.48. The van der Waals surface area contributed by atoms with Gasteiger partial charge in [0.2, 0.25) is 5.91 Å². The van der Waals surface area contributed by atoms with Crippen molar-refractivity contribution in [3.05, 3.63) is 40.4 Å². The smallest absolute Gasteiger partial charge is 0.272 e. The molecular formula is C21H29ClFN5O2. The van der Waals surface area contributed by atoms with Crippen molar-refractivity contribution in [2.75, 3.05) is 27.2 Å². The number of aromatic nitrogens is 2. The number of benzene rings is 1. The highest BCUT2D eigenvalue weighted by atomic mass is 35.5. The first kappa shape index (κ1) is 23.8. The summed E-state index contributed by atoms with van der Waals surface area (Å²) in [5.74, 6) is -0.660. The number of rotatable bonds is 4. The highest BCUT2D eigenvalue weighted by Gasteiger charge is 2.26. The summed E-state index contributed by atoms with van der Waals surface area (Å²) in [6.45, 7) is 6.23. The van der Waals surface area contributed by atoms with Crippen LogP contribution in [0.4, 0.5) is 4.39 Å². The SMILES string of the molecule is CCC.CNC(=O)CNC(=O)c1nc(-c2ccc(F)c(Cl)c2)n2c1CN(C)CCC2. The molecule has 1 aromatic carbocycles. The third kappa shape index (κ3) is 5.79. The van der Waals surface area contributed by atoms with Gasteiger partial charge in [-0.15, -0.1) is 0 Å². The number of fused-ring (bicyclic) bond motifs is 1. The number of likely N-dealkylation sites (N-methyl/N-ethyl adjacent to an activating group) is 1. The van der Waals surface area contributed by atoms with Crippen LogP contribution in [0.15, 0.2) is 18.2 Å². The fourth-order valence-electron chi connectivity index (χ4n) is 3.09. The molecule has 0 unspecified atom stereocenters. The monoisotopic (exact) mass is 437 g/mol. The maximum Gasteiger partial charge on any atom is 0.272 e. The van der Waals surface area contributed by atoms with Gasteiger partial charge in [-0.05, 0) is 38.2 Å². The van der Waals surface area contributed by atoms with Gasteiger partial charge in [-0.3, -0.25) is 9.59 Å². The molecule has 2 N–H and O–H groups in total. The van der Waals surface area contributed by atoms with Crippen LogP contribution < -0.4 is 10.6 Å². The highest BCUT2D eigenvalue weighted by Crippen LogP contribution is 2.28. The van der Waals surface area contributed by atoms with E-state index in [4.69, 9.17) is 11.6 Å². The lowest BCUT2D eigenvalue weighted by molar-refractivity contribution is -0.119. The van der Waals surface area contributed by atoms with Gasteiger partial charge in [0.05, 0.1) is 17.3 Å². The Bertz CT molecular complexity index is 900. The Hall–Kier alpha value is -2.45.